The Morgan fingerprint density at radius 2 is 2.40 bits per heavy atom. The van der Waals surface area contributed by atoms with Crippen molar-refractivity contribution in [2.24, 2.45) is 5.73 Å². The van der Waals surface area contributed by atoms with E-state index in [0.29, 0.717) is 13.2 Å². The van der Waals surface area contributed by atoms with Gasteiger partial charge < -0.3 is 15.4 Å². The molecule has 2 N–H and O–H groups in total. The smallest absolute Gasteiger partial charge is 0.266 e. The van der Waals surface area contributed by atoms with Crippen molar-refractivity contribution in [1.29, 1.82) is 0 Å². The van der Waals surface area contributed by atoms with Gasteiger partial charge in [-0.2, -0.15) is 0 Å². The Labute approximate surface area is 124 Å². The van der Waals surface area contributed by atoms with Crippen molar-refractivity contribution in [1.82, 2.24) is 9.88 Å². The zero-order valence-corrected chi connectivity index (χ0v) is 13.2. The fraction of sp³-hybridized carbons (Fsp3) is 0.714. The van der Waals surface area contributed by atoms with Gasteiger partial charge in [0, 0.05) is 25.7 Å². The molecule has 2 rings (SSSR count). The highest BCUT2D eigenvalue weighted by Crippen LogP contribution is 2.28. The molecule has 6 heteroatoms. The van der Waals surface area contributed by atoms with Crippen LogP contribution in [0.15, 0.2) is 0 Å². The lowest BCUT2D eigenvalue weighted by Crippen LogP contribution is -2.39. The number of nitrogens with zero attached hydrogens (tertiary/aromatic N) is 2. The van der Waals surface area contributed by atoms with Gasteiger partial charge >= 0.3 is 0 Å². The molecule has 1 fully saturated rings. The van der Waals surface area contributed by atoms with Crippen molar-refractivity contribution in [2.75, 3.05) is 19.7 Å². The number of hydrogen-bond acceptors (Lipinski definition) is 5. The number of hydrogen-bond donors (Lipinski definition) is 1. The summed E-state index contributed by atoms with van der Waals surface area (Å²) in [4.78, 5) is 19.7. The molecule has 0 spiro atoms. The van der Waals surface area contributed by atoms with E-state index in [4.69, 9.17) is 10.5 Å². The molecule has 1 saturated heterocycles. The summed E-state index contributed by atoms with van der Waals surface area (Å²) in [6.45, 7) is 7.79. The number of carbonyl (C=O) groups is 1. The standard InChI is InChI=1S/C14H23N3O2S/c1-4-19-10(3)13-16-9(2)12(20-13)14(18)17-7-5-6-11(17)8-15/h10-11H,4-8,15H2,1-3H3/t10-,11+/m1/s1. The van der Waals surface area contributed by atoms with Crippen LogP contribution in [0, 0.1) is 6.92 Å². The van der Waals surface area contributed by atoms with E-state index in [-0.39, 0.29) is 18.1 Å². The predicted octanol–water partition coefficient (Wildman–Crippen LogP) is 2.11. The van der Waals surface area contributed by atoms with Crippen LogP contribution in [0.5, 0.6) is 0 Å². The molecule has 1 aromatic heterocycles. The molecule has 1 aliphatic heterocycles. The lowest BCUT2D eigenvalue weighted by molar-refractivity contribution is 0.0744. The average Bonchev–Trinajstić information content (AvgIpc) is 3.04. The number of nitrogens with two attached hydrogens (primary N) is 1. The summed E-state index contributed by atoms with van der Waals surface area (Å²) in [6, 6.07) is 0.178. The molecule has 1 amide bonds. The molecular weight excluding hydrogens is 274 g/mol. The maximum absolute atomic E-state index is 12.6. The van der Waals surface area contributed by atoms with Crippen LogP contribution < -0.4 is 5.73 Å². The summed E-state index contributed by atoms with van der Waals surface area (Å²) in [5.74, 6) is 0.0721. The second-order valence-electron chi connectivity index (χ2n) is 5.09. The van der Waals surface area contributed by atoms with Crippen LogP contribution in [0.3, 0.4) is 0 Å². The summed E-state index contributed by atoms with van der Waals surface area (Å²) in [6.07, 6.45) is 1.98. The van der Waals surface area contributed by atoms with Gasteiger partial charge in [0.15, 0.2) is 0 Å². The number of aryl methyl sites for hydroxylation is 1. The zero-order valence-electron chi connectivity index (χ0n) is 12.4. The first-order valence-corrected chi connectivity index (χ1v) is 8.00. The number of amides is 1. The first kappa shape index (κ1) is 15.4. The molecule has 2 atom stereocenters. The van der Waals surface area contributed by atoms with Crippen molar-refractivity contribution in [3.63, 3.8) is 0 Å². The molecule has 2 heterocycles. The number of carbonyl (C=O) groups excluding carboxylic acids is 1. The van der Waals surface area contributed by atoms with Gasteiger partial charge in [-0.15, -0.1) is 11.3 Å². The SMILES string of the molecule is CCO[C@H](C)c1nc(C)c(C(=O)N2CCC[C@H]2CN)s1. The molecule has 0 radical (unpaired) electrons. The minimum absolute atomic E-state index is 0.0610. The van der Waals surface area contributed by atoms with Crippen molar-refractivity contribution < 1.29 is 9.53 Å². The number of ether oxygens (including phenoxy) is 1. The predicted molar refractivity (Wildman–Crippen MR) is 80.0 cm³/mol. The van der Waals surface area contributed by atoms with E-state index in [0.717, 1.165) is 35.0 Å². The topological polar surface area (TPSA) is 68.5 Å². The van der Waals surface area contributed by atoms with Crippen LogP contribution >= 0.6 is 11.3 Å². The summed E-state index contributed by atoms with van der Waals surface area (Å²) in [5.41, 5.74) is 6.54. The molecular formula is C14H23N3O2S. The highest BCUT2D eigenvalue weighted by Gasteiger charge is 2.31. The lowest BCUT2D eigenvalue weighted by atomic mass is 10.2. The highest BCUT2D eigenvalue weighted by molar-refractivity contribution is 7.13. The van der Waals surface area contributed by atoms with E-state index in [1.165, 1.54) is 11.3 Å². The van der Waals surface area contributed by atoms with E-state index in [1.807, 2.05) is 25.7 Å². The van der Waals surface area contributed by atoms with E-state index in [9.17, 15) is 4.79 Å². The fourth-order valence-corrected chi connectivity index (χ4v) is 3.61. The third kappa shape index (κ3) is 3.02. The van der Waals surface area contributed by atoms with Crippen LogP contribution in [0.4, 0.5) is 0 Å². The summed E-state index contributed by atoms with van der Waals surface area (Å²) >= 11 is 1.45. The largest absolute Gasteiger partial charge is 0.372 e. The van der Waals surface area contributed by atoms with E-state index in [1.54, 1.807) is 0 Å². The van der Waals surface area contributed by atoms with Crippen LogP contribution in [0.1, 0.15) is 53.2 Å². The third-order valence-corrected chi connectivity index (χ3v) is 4.99. The van der Waals surface area contributed by atoms with Crippen LogP contribution in [0.25, 0.3) is 0 Å². The van der Waals surface area contributed by atoms with Crippen LogP contribution in [-0.4, -0.2) is 41.5 Å². The maximum Gasteiger partial charge on any atom is 0.266 e. The first-order valence-electron chi connectivity index (χ1n) is 7.18. The maximum atomic E-state index is 12.6. The summed E-state index contributed by atoms with van der Waals surface area (Å²) < 4.78 is 5.55. The normalized spacial score (nSPS) is 20.4. The fourth-order valence-electron chi connectivity index (χ4n) is 2.59. The Morgan fingerprint density at radius 1 is 1.65 bits per heavy atom. The zero-order chi connectivity index (χ0) is 14.7. The monoisotopic (exact) mass is 297 g/mol. The first-order chi connectivity index (χ1) is 9.58. The second kappa shape index (κ2) is 6.65. The van der Waals surface area contributed by atoms with Gasteiger partial charge in [-0.05, 0) is 33.6 Å². The Balaban J connectivity index is 2.18. The number of likely N-dealkylation sites (tertiary alicyclic amines) is 1. The average molecular weight is 297 g/mol. The van der Waals surface area contributed by atoms with E-state index >= 15 is 0 Å². The molecule has 0 bridgehead atoms. The Morgan fingerprint density at radius 3 is 3.05 bits per heavy atom. The number of rotatable bonds is 5. The minimum Gasteiger partial charge on any atom is -0.372 e. The van der Waals surface area contributed by atoms with Crippen molar-refractivity contribution in [2.45, 2.75) is 45.8 Å². The molecule has 20 heavy (non-hydrogen) atoms. The lowest BCUT2D eigenvalue weighted by Gasteiger charge is -2.22. The highest BCUT2D eigenvalue weighted by atomic mass is 32.1. The minimum atomic E-state index is -0.0610. The van der Waals surface area contributed by atoms with Gasteiger partial charge in [0.05, 0.1) is 5.69 Å². The molecule has 112 valence electrons. The molecule has 0 aliphatic carbocycles. The van der Waals surface area contributed by atoms with E-state index in [2.05, 4.69) is 4.98 Å². The summed E-state index contributed by atoms with van der Waals surface area (Å²) in [5, 5.41) is 0.871. The van der Waals surface area contributed by atoms with Crippen molar-refractivity contribution in [3.8, 4) is 0 Å². The second-order valence-corrected chi connectivity index (χ2v) is 6.13. The van der Waals surface area contributed by atoms with Crippen molar-refractivity contribution >= 4 is 17.2 Å². The van der Waals surface area contributed by atoms with Crippen LogP contribution in [-0.2, 0) is 4.74 Å². The van der Waals surface area contributed by atoms with Crippen molar-refractivity contribution in [3.05, 3.63) is 15.6 Å². The van der Waals surface area contributed by atoms with Gasteiger partial charge in [-0.3, -0.25) is 4.79 Å². The van der Waals surface area contributed by atoms with Gasteiger partial charge in [-0.25, -0.2) is 4.98 Å². The molecule has 0 unspecified atom stereocenters. The molecule has 5 nitrogen and oxygen atoms in total. The Hall–Kier alpha value is -0.980. The number of thiazole rings is 1. The molecule has 0 saturated carbocycles. The van der Waals surface area contributed by atoms with E-state index < -0.39 is 0 Å². The van der Waals surface area contributed by atoms with Crippen LogP contribution in [0.2, 0.25) is 0 Å². The van der Waals surface area contributed by atoms with Gasteiger partial charge in [0.25, 0.3) is 5.91 Å². The molecule has 1 aromatic rings. The quantitative estimate of drug-likeness (QED) is 0.904. The summed E-state index contributed by atoms with van der Waals surface area (Å²) in [7, 11) is 0. The Bertz CT molecular complexity index is 475. The molecule has 0 aromatic carbocycles. The Kier molecular flexibility index (Phi) is 5.12. The third-order valence-electron chi connectivity index (χ3n) is 3.68. The number of aromatic nitrogens is 1. The van der Waals surface area contributed by atoms with Gasteiger partial charge in [0.2, 0.25) is 0 Å². The van der Waals surface area contributed by atoms with Gasteiger partial charge in [-0.1, -0.05) is 0 Å². The molecule has 1 aliphatic rings. The van der Waals surface area contributed by atoms with Gasteiger partial charge in [0.1, 0.15) is 16.0 Å².